The smallest absolute Gasteiger partial charge is 0.336 e. The molecule has 1 heterocycles. The Balaban J connectivity index is 2.47. The van der Waals surface area contributed by atoms with Gasteiger partial charge in [0.1, 0.15) is 5.82 Å². The van der Waals surface area contributed by atoms with Crippen LogP contribution in [0.3, 0.4) is 0 Å². The van der Waals surface area contributed by atoms with Crippen molar-refractivity contribution in [2.24, 2.45) is 0 Å². The number of carboxylic acids is 1. The molecule has 2 aromatic rings. The van der Waals surface area contributed by atoms with Crippen molar-refractivity contribution >= 4 is 48.6 Å². The van der Waals surface area contributed by atoms with Gasteiger partial charge in [0.2, 0.25) is 5.13 Å². The van der Waals surface area contributed by atoms with Crippen LogP contribution < -0.4 is 4.72 Å². The number of anilines is 1. The van der Waals surface area contributed by atoms with Gasteiger partial charge in [-0.15, -0.1) is 0 Å². The highest BCUT2D eigenvalue weighted by atomic mass is 79.9. The van der Waals surface area contributed by atoms with E-state index in [1.165, 1.54) is 6.07 Å². The second-order valence-corrected chi connectivity index (χ2v) is 7.42. The Bertz CT molecular complexity index is 817. The van der Waals surface area contributed by atoms with Gasteiger partial charge >= 0.3 is 5.97 Å². The minimum absolute atomic E-state index is 0.0850. The molecule has 1 aromatic heterocycles. The summed E-state index contributed by atoms with van der Waals surface area (Å²) >= 11 is 4.08. The molecule has 0 bridgehead atoms. The first kappa shape index (κ1) is 15.9. The maximum absolute atomic E-state index is 12.3. The number of aromatic nitrogens is 2. The molecule has 0 aliphatic heterocycles. The van der Waals surface area contributed by atoms with E-state index < -0.39 is 16.0 Å². The Morgan fingerprint density at radius 2 is 2.05 bits per heavy atom. The van der Waals surface area contributed by atoms with E-state index in [1.54, 1.807) is 13.8 Å². The molecule has 10 heteroatoms. The number of aryl methyl sites for hydroxylation is 1. The Hall–Kier alpha value is -1.52. The van der Waals surface area contributed by atoms with Crippen LogP contribution in [0.15, 0.2) is 21.5 Å². The highest BCUT2D eigenvalue weighted by Crippen LogP contribution is 2.26. The molecule has 0 saturated heterocycles. The van der Waals surface area contributed by atoms with Crippen molar-refractivity contribution in [3.05, 3.63) is 33.6 Å². The number of hydrogen-bond donors (Lipinski definition) is 2. The first-order chi connectivity index (χ1) is 9.70. The topological polar surface area (TPSA) is 109 Å². The Labute approximate surface area is 133 Å². The molecule has 21 heavy (non-hydrogen) atoms. The van der Waals surface area contributed by atoms with E-state index in [0.29, 0.717) is 15.9 Å². The zero-order chi connectivity index (χ0) is 15.8. The van der Waals surface area contributed by atoms with Crippen molar-refractivity contribution in [2.45, 2.75) is 18.7 Å². The Morgan fingerprint density at radius 1 is 1.38 bits per heavy atom. The standard InChI is InChI=1S/C11H10BrN3O4S2/c1-5-8(10(16)17)3-7(4-9(5)12)21(18,19)15-11-13-6(2)14-20-11/h3-4H,1-2H3,(H,16,17)(H,13,14,15). The lowest BCUT2D eigenvalue weighted by molar-refractivity contribution is 0.0695. The van der Waals surface area contributed by atoms with Crippen LogP contribution >= 0.6 is 27.5 Å². The number of aromatic carboxylic acids is 1. The van der Waals surface area contributed by atoms with Crippen LogP contribution in [0.1, 0.15) is 21.7 Å². The third-order valence-electron chi connectivity index (χ3n) is 2.61. The summed E-state index contributed by atoms with van der Waals surface area (Å²) in [7, 11) is -3.93. The number of nitrogens with zero attached hydrogens (tertiary/aromatic N) is 2. The summed E-state index contributed by atoms with van der Waals surface area (Å²) in [5, 5.41) is 9.24. The van der Waals surface area contributed by atoms with Crippen LogP contribution in [-0.4, -0.2) is 28.9 Å². The summed E-state index contributed by atoms with van der Waals surface area (Å²) in [6, 6.07) is 2.46. The van der Waals surface area contributed by atoms with Crippen molar-refractivity contribution in [1.29, 1.82) is 0 Å². The molecule has 0 amide bonds. The molecule has 0 spiro atoms. The number of sulfonamides is 1. The summed E-state index contributed by atoms with van der Waals surface area (Å²) in [5.41, 5.74) is 0.367. The minimum atomic E-state index is -3.93. The van der Waals surface area contributed by atoms with Gasteiger partial charge in [0.15, 0.2) is 0 Å². The first-order valence-corrected chi connectivity index (χ1v) is 8.62. The van der Waals surface area contributed by atoms with Gasteiger partial charge in [-0.25, -0.2) is 18.2 Å². The van der Waals surface area contributed by atoms with Crippen LogP contribution in [0.25, 0.3) is 0 Å². The second kappa shape index (κ2) is 5.70. The van der Waals surface area contributed by atoms with Gasteiger partial charge in [0.05, 0.1) is 10.5 Å². The van der Waals surface area contributed by atoms with Crippen LogP contribution in [0, 0.1) is 13.8 Å². The van der Waals surface area contributed by atoms with E-state index in [1.807, 2.05) is 0 Å². The van der Waals surface area contributed by atoms with Crippen molar-refractivity contribution in [1.82, 2.24) is 9.36 Å². The van der Waals surface area contributed by atoms with Gasteiger partial charge in [-0.05, 0) is 31.5 Å². The number of benzene rings is 1. The molecule has 0 aliphatic rings. The molecule has 0 atom stereocenters. The zero-order valence-electron chi connectivity index (χ0n) is 10.9. The van der Waals surface area contributed by atoms with E-state index >= 15 is 0 Å². The summed E-state index contributed by atoms with van der Waals surface area (Å²) in [6.45, 7) is 3.23. The van der Waals surface area contributed by atoms with E-state index in [0.717, 1.165) is 17.6 Å². The Morgan fingerprint density at radius 3 is 2.57 bits per heavy atom. The third-order valence-corrected chi connectivity index (χ3v) is 5.60. The highest BCUT2D eigenvalue weighted by molar-refractivity contribution is 9.10. The molecular weight excluding hydrogens is 382 g/mol. The maximum atomic E-state index is 12.3. The number of nitrogens with one attached hydrogen (secondary N) is 1. The van der Waals surface area contributed by atoms with Gasteiger partial charge in [0, 0.05) is 16.0 Å². The van der Waals surface area contributed by atoms with Crippen LogP contribution in [-0.2, 0) is 10.0 Å². The maximum Gasteiger partial charge on any atom is 0.336 e. The number of carbonyl (C=O) groups is 1. The summed E-state index contributed by atoms with van der Waals surface area (Å²) in [5.74, 6) is -0.744. The number of rotatable bonds is 4. The monoisotopic (exact) mass is 391 g/mol. The third kappa shape index (κ3) is 3.39. The molecule has 112 valence electrons. The van der Waals surface area contributed by atoms with Crippen LogP contribution in [0.4, 0.5) is 5.13 Å². The van der Waals surface area contributed by atoms with Crippen molar-refractivity contribution in [2.75, 3.05) is 4.72 Å². The molecule has 0 radical (unpaired) electrons. The van der Waals surface area contributed by atoms with E-state index in [4.69, 9.17) is 5.11 Å². The SMILES string of the molecule is Cc1nsc(NS(=O)(=O)c2cc(Br)c(C)c(C(=O)O)c2)n1. The molecule has 7 nitrogen and oxygen atoms in total. The second-order valence-electron chi connectivity index (χ2n) is 4.14. The highest BCUT2D eigenvalue weighted by Gasteiger charge is 2.21. The van der Waals surface area contributed by atoms with E-state index in [2.05, 4.69) is 30.0 Å². The molecule has 2 N–H and O–H groups in total. The van der Waals surface area contributed by atoms with Gasteiger partial charge in [-0.1, -0.05) is 15.9 Å². The van der Waals surface area contributed by atoms with Gasteiger partial charge in [-0.2, -0.15) is 4.37 Å². The lowest BCUT2D eigenvalue weighted by Crippen LogP contribution is -2.14. The molecule has 0 unspecified atom stereocenters. The lowest BCUT2D eigenvalue weighted by Gasteiger charge is -2.09. The fourth-order valence-corrected chi connectivity index (χ4v) is 4.01. The fourth-order valence-electron chi connectivity index (χ4n) is 1.54. The molecule has 0 saturated carbocycles. The molecule has 2 rings (SSSR count). The van der Waals surface area contributed by atoms with Gasteiger partial charge < -0.3 is 5.11 Å². The number of halogens is 1. The summed E-state index contributed by atoms with van der Waals surface area (Å²) in [4.78, 5) is 14.9. The zero-order valence-corrected chi connectivity index (χ0v) is 14.1. The number of hydrogen-bond acceptors (Lipinski definition) is 6. The first-order valence-electron chi connectivity index (χ1n) is 5.57. The van der Waals surface area contributed by atoms with Crippen molar-refractivity contribution in [3.63, 3.8) is 0 Å². The average Bonchev–Trinajstić information content (AvgIpc) is 2.76. The van der Waals surface area contributed by atoms with E-state index in [-0.39, 0.29) is 15.6 Å². The van der Waals surface area contributed by atoms with Crippen LogP contribution in [0.2, 0.25) is 0 Å². The fraction of sp³-hybridized carbons (Fsp3) is 0.182. The van der Waals surface area contributed by atoms with Gasteiger partial charge in [0.25, 0.3) is 10.0 Å². The Kier molecular flexibility index (Phi) is 4.30. The molecule has 0 aliphatic carbocycles. The molecule has 1 aromatic carbocycles. The molecular formula is C11H10BrN3O4S2. The quantitative estimate of drug-likeness (QED) is 0.827. The van der Waals surface area contributed by atoms with Crippen LogP contribution in [0.5, 0.6) is 0 Å². The largest absolute Gasteiger partial charge is 0.478 e. The van der Waals surface area contributed by atoms with Crippen molar-refractivity contribution in [3.8, 4) is 0 Å². The summed E-state index contributed by atoms with van der Waals surface area (Å²) in [6.07, 6.45) is 0. The predicted molar refractivity (Wildman–Crippen MR) is 81.3 cm³/mol. The lowest BCUT2D eigenvalue weighted by atomic mass is 10.1. The van der Waals surface area contributed by atoms with E-state index in [9.17, 15) is 13.2 Å². The van der Waals surface area contributed by atoms with Gasteiger partial charge in [-0.3, -0.25) is 4.72 Å². The minimum Gasteiger partial charge on any atom is -0.478 e. The predicted octanol–water partition coefficient (Wildman–Crippen LogP) is 2.42. The molecule has 0 fully saturated rings. The average molecular weight is 392 g/mol. The number of carboxylic acid groups (broad SMARTS) is 1. The summed E-state index contributed by atoms with van der Waals surface area (Å²) < 4.78 is 31.1. The van der Waals surface area contributed by atoms with Crippen molar-refractivity contribution < 1.29 is 18.3 Å². The normalized spacial score (nSPS) is 11.4.